The maximum atomic E-state index is 9.18. The molecule has 0 unspecified atom stereocenters. The summed E-state index contributed by atoms with van der Waals surface area (Å²) in [7, 11) is 0. The highest BCUT2D eigenvalue weighted by molar-refractivity contribution is 8.03. The molecular weight excluding hydrogens is 557 g/mol. The summed E-state index contributed by atoms with van der Waals surface area (Å²) >= 11 is 1.78. The molecule has 0 atom stereocenters. The Bertz CT molecular complexity index is 2250. The molecule has 6 aromatic rings. The van der Waals surface area contributed by atoms with Crippen LogP contribution in [0.3, 0.4) is 0 Å². The number of para-hydroxylation sites is 3. The molecule has 0 fully saturated rings. The van der Waals surface area contributed by atoms with Gasteiger partial charge in [-0.05, 0) is 68.3 Å². The first-order chi connectivity index (χ1) is 21.7. The minimum absolute atomic E-state index is 0.686. The molecule has 0 radical (unpaired) electrons. The molecule has 0 spiro atoms. The zero-order valence-corrected chi connectivity index (χ0v) is 25.6. The molecule has 2 aromatic heterocycles. The second-order valence-corrected chi connectivity index (χ2v) is 12.0. The number of aryl methyl sites for hydroxylation is 1. The Morgan fingerprint density at radius 2 is 1.73 bits per heavy atom. The van der Waals surface area contributed by atoms with Gasteiger partial charge in [-0.15, -0.1) is 11.8 Å². The number of nitrogens with zero attached hydrogens (tertiary/aromatic N) is 2. The van der Waals surface area contributed by atoms with E-state index in [-0.39, 0.29) is 0 Å². The molecule has 2 heterocycles. The number of anilines is 2. The number of rotatable bonds is 7. The van der Waals surface area contributed by atoms with Crippen LogP contribution in [0.4, 0.5) is 11.4 Å². The number of fused-ring (bicyclic) bond motifs is 7. The van der Waals surface area contributed by atoms with Crippen molar-refractivity contribution in [2.75, 3.05) is 11.1 Å². The van der Waals surface area contributed by atoms with E-state index in [0.29, 0.717) is 5.57 Å². The van der Waals surface area contributed by atoms with E-state index >= 15 is 0 Å². The summed E-state index contributed by atoms with van der Waals surface area (Å²) in [5.74, 6) is 0.809. The smallest absolute Gasteiger partial charge is 0.0987 e. The number of hydrogen-bond acceptors (Lipinski definition) is 3. The number of aromatic nitrogens is 2. The normalized spacial score (nSPS) is 14.0. The Morgan fingerprint density at radius 1 is 0.955 bits per heavy atom. The van der Waals surface area contributed by atoms with Crippen molar-refractivity contribution in [3.05, 3.63) is 137 Å². The van der Waals surface area contributed by atoms with E-state index in [1.165, 1.54) is 43.0 Å². The highest BCUT2D eigenvalue weighted by atomic mass is 32.2. The summed E-state index contributed by atoms with van der Waals surface area (Å²) in [6, 6.07) is 30.0. The molecule has 44 heavy (non-hydrogen) atoms. The summed E-state index contributed by atoms with van der Waals surface area (Å²) in [4.78, 5) is 4.99. The van der Waals surface area contributed by atoms with E-state index < -0.39 is 0 Å². The molecule has 0 bridgehead atoms. The number of nitriles is 1. The number of allylic oxidation sites excluding steroid dienone is 8. The Balaban J connectivity index is 1.42. The average molecular weight is 589 g/mol. The second-order valence-electron chi connectivity index (χ2n) is 10.9. The van der Waals surface area contributed by atoms with Crippen LogP contribution in [0.5, 0.6) is 0 Å². The fraction of sp³-hybridized carbons (Fsp3) is 0.103. The van der Waals surface area contributed by atoms with Gasteiger partial charge in [-0.3, -0.25) is 0 Å². The number of aromatic amines is 1. The molecule has 0 aliphatic heterocycles. The standard InChI is InChI=1S/C39H32N4S/c1-3-27(25-40)13-12-24-44-30-17-11-16-29(22-23-30)43-34-21-10-8-19-32(34)36-37(41-28-14-5-4-6-15-28)26(2)38-35(39(36)43)31-18-7-9-20-33(31)42-38/h3-10,12-23,41-42H,11,24H2,1-2H3/b13-12-,27-3+. The number of H-pyrrole nitrogens is 1. The maximum absolute atomic E-state index is 9.18. The van der Waals surface area contributed by atoms with Gasteiger partial charge in [0, 0.05) is 54.7 Å². The first-order valence-corrected chi connectivity index (χ1v) is 15.9. The first-order valence-electron chi connectivity index (χ1n) is 14.9. The van der Waals surface area contributed by atoms with E-state index in [1.807, 2.05) is 25.1 Å². The maximum Gasteiger partial charge on any atom is 0.0987 e. The first kappa shape index (κ1) is 27.6. The monoisotopic (exact) mass is 588 g/mol. The lowest BCUT2D eigenvalue weighted by Crippen LogP contribution is -1.98. The second kappa shape index (κ2) is 11.8. The van der Waals surface area contributed by atoms with Crippen molar-refractivity contribution in [3.63, 3.8) is 0 Å². The summed E-state index contributed by atoms with van der Waals surface area (Å²) < 4.78 is 2.45. The molecule has 4 aromatic carbocycles. The van der Waals surface area contributed by atoms with Crippen LogP contribution in [0.2, 0.25) is 0 Å². The van der Waals surface area contributed by atoms with Crippen LogP contribution in [0.15, 0.2) is 132 Å². The van der Waals surface area contributed by atoms with Crippen molar-refractivity contribution in [2.24, 2.45) is 0 Å². The molecule has 1 aliphatic carbocycles. The number of benzene rings is 4. The lowest BCUT2D eigenvalue weighted by atomic mass is 10.0. The number of thioether (sulfide) groups is 1. The van der Waals surface area contributed by atoms with E-state index in [0.717, 1.165) is 40.3 Å². The summed E-state index contributed by atoms with van der Waals surface area (Å²) in [5.41, 5.74) is 9.90. The van der Waals surface area contributed by atoms with Gasteiger partial charge in [-0.2, -0.15) is 5.26 Å². The van der Waals surface area contributed by atoms with Crippen molar-refractivity contribution < 1.29 is 0 Å². The minimum Gasteiger partial charge on any atom is -0.355 e. The van der Waals surface area contributed by atoms with E-state index in [2.05, 4.69) is 131 Å². The molecule has 7 rings (SSSR count). The lowest BCUT2D eigenvalue weighted by Gasteiger charge is -2.15. The molecule has 5 heteroatoms. The van der Waals surface area contributed by atoms with Gasteiger partial charge >= 0.3 is 0 Å². The lowest BCUT2D eigenvalue weighted by molar-refractivity contribution is 1.22. The highest BCUT2D eigenvalue weighted by Gasteiger charge is 2.24. The quantitative estimate of drug-likeness (QED) is 0.144. The Labute approximate surface area is 261 Å². The van der Waals surface area contributed by atoms with Crippen molar-refractivity contribution in [1.82, 2.24) is 9.55 Å². The Hall–Kier alpha value is -5.18. The zero-order valence-electron chi connectivity index (χ0n) is 24.8. The predicted octanol–water partition coefficient (Wildman–Crippen LogP) is 10.9. The zero-order chi connectivity index (χ0) is 30.0. The van der Waals surface area contributed by atoms with Crippen LogP contribution in [0, 0.1) is 18.3 Å². The van der Waals surface area contributed by atoms with Crippen molar-refractivity contribution in [3.8, 4) is 6.07 Å². The average Bonchev–Trinajstić information content (AvgIpc) is 3.51. The van der Waals surface area contributed by atoms with E-state index in [1.54, 1.807) is 11.8 Å². The van der Waals surface area contributed by atoms with Crippen molar-refractivity contribution in [2.45, 2.75) is 20.3 Å². The minimum atomic E-state index is 0.686. The largest absolute Gasteiger partial charge is 0.355 e. The Morgan fingerprint density at radius 3 is 2.55 bits per heavy atom. The van der Waals surface area contributed by atoms with E-state index in [4.69, 9.17) is 0 Å². The molecule has 0 amide bonds. The van der Waals surface area contributed by atoms with Crippen molar-refractivity contribution in [1.29, 1.82) is 5.26 Å². The van der Waals surface area contributed by atoms with Crippen LogP contribution in [0.25, 0.3) is 49.3 Å². The van der Waals surface area contributed by atoms with Crippen LogP contribution < -0.4 is 5.32 Å². The topological polar surface area (TPSA) is 56.5 Å². The van der Waals surface area contributed by atoms with E-state index in [9.17, 15) is 5.26 Å². The number of hydrogen-bond donors (Lipinski definition) is 2. The summed E-state index contributed by atoms with van der Waals surface area (Å²) in [6.45, 7) is 4.11. The fourth-order valence-corrected chi connectivity index (χ4v) is 6.95. The van der Waals surface area contributed by atoms with Gasteiger partial charge in [0.1, 0.15) is 0 Å². The van der Waals surface area contributed by atoms with Crippen LogP contribution in [-0.4, -0.2) is 15.3 Å². The van der Waals surface area contributed by atoms with Gasteiger partial charge < -0.3 is 14.9 Å². The van der Waals surface area contributed by atoms with Gasteiger partial charge in [-0.1, -0.05) is 78.9 Å². The van der Waals surface area contributed by atoms with Gasteiger partial charge in [-0.25, -0.2) is 0 Å². The summed E-state index contributed by atoms with van der Waals surface area (Å²) in [5, 5.41) is 17.9. The van der Waals surface area contributed by atoms with Gasteiger partial charge in [0.15, 0.2) is 0 Å². The number of nitrogens with one attached hydrogen (secondary N) is 2. The van der Waals surface area contributed by atoms with Crippen LogP contribution >= 0.6 is 11.8 Å². The highest BCUT2D eigenvalue weighted by Crippen LogP contribution is 2.46. The Kier molecular flexibility index (Phi) is 7.43. The molecular formula is C39H32N4S. The van der Waals surface area contributed by atoms with Crippen LogP contribution in [0.1, 0.15) is 18.9 Å². The molecule has 1 aliphatic rings. The third kappa shape index (κ3) is 4.84. The molecule has 2 N–H and O–H groups in total. The van der Waals surface area contributed by atoms with Gasteiger partial charge in [0.05, 0.1) is 28.3 Å². The molecule has 0 saturated heterocycles. The van der Waals surface area contributed by atoms with Gasteiger partial charge in [0.25, 0.3) is 0 Å². The third-order valence-corrected chi connectivity index (χ3v) is 9.26. The summed E-state index contributed by atoms with van der Waals surface area (Å²) in [6.07, 6.45) is 15.7. The fourth-order valence-electron chi connectivity index (χ4n) is 6.19. The SMILES string of the molecule is C/C=C(C#N)\C=C/CSC1=CCC=C(n2c3ccccc3c3c(Nc4ccccc4)c(C)c4[nH]c5ccccc5c4c32)C=C1. The third-order valence-electron chi connectivity index (χ3n) is 8.27. The molecule has 214 valence electrons. The molecule has 4 nitrogen and oxygen atoms in total. The van der Waals surface area contributed by atoms with Gasteiger partial charge in [0.2, 0.25) is 0 Å². The predicted molar refractivity (Wildman–Crippen MR) is 190 cm³/mol. The van der Waals surface area contributed by atoms with Crippen LogP contribution in [-0.2, 0) is 0 Å². The van der Waals surface area contributed by atoms with Crippen molar-refractivity contribution >= 4 is 72.4 Å². The molecule has 0 saturated carbocycles.